The minimum absolute atomic E-state index is 0.913. The smallest absolute Gasteiger partial charge is 0.136 e. The highest BCUT2D eigenvalue weighted by Gasteiger charge is 2.18. The van der Waals surface area contributed by atoms with Crippen molar-refractivity contribution < 1.29 is 4.42 Å². The van der Waals surface area contributed by atoms with Crippen LogP contribution in [0.3, 0.4) is 0 Å². The fourth-order valence-corrected chi connectivity index (χ4v) is 7.54. The van der Waals surface area contributed by atoms with Gasteiger partial charge in [0.1, 0.15) is 11.2 Å². The summed E-state index contributed by atoms with van der Waals surface area (Å²) in [6, 6.07) is 69.4. The number of furan rings is 1. The van der Waals surface area contributed by atoms with E-state index in [1.165, 1.54) is 26.9 Å². The zero-order valence-corrected chi connectivity index (χ0v) is 27.8. The fourth-order valence-electron chi connectivity index (χ4n) is 7.54. The van der Waals surface area contributed by atoms with E-state index in [9.17, 15) is 0 Å². The highest BCUT2D eigenvalue weighted by Crippen LogP contribution is 2.43. The summed E-state index contributed by atoms with van der Waals surface area (Å²) in [6.07, 6.45) is 0. The van der Waals surface area contributed by atoms with Crippen LogP contribution in [0.2, 0.25) is 0 Å². The zero-order chi connectivity index (χ0) is 33.7. The molecule has 0 fully saturated rings. The molecule has 0 N–H and O–H groups in total. The van der Waals surface area contributed by atoms with Crippen molar-refractivity contribution in [3.05, 3.63) is 194 Å². The second-order valence-electron chi connectivity index (χ2n) is 13.0. The van der Waals surface area contributed by atoms with E-state index in [0.29, 0.717) is 0 Å². The molecule has 10 rings (SSSR count). The standard InChI is InChI=1S/C48H32N2O/c1-3-14-37(15-4-1)49(41-26-24-33-12-7-8-13-35(33)28-41)39-18-11-19-40(30-39)50(38-16-5-2-6-17-38)42-27-25-34-22-23-36-29-48-46(32-45(36)44(34)31-42)43-20-9-10-21-47(43)51-48/h1-32H. The Kier molecular flexibility index (Phi) is 6.81. The third-order valence-electron chi connectivity index (χ3n) is 9.94. The number of para-hydroxylation sites is 3. The molecule has 1 heterocycles. The summed E-state index contributed by atoms with van der Waals surface area (Å²) in [5.41, 5.74) is 8.37. The lowest BCUT2D eigenvalue weighted by atomic mass is 9.99. The Morgan fingerprint density at radius 2 is 0.784 bits per heavy atom. The van der Waals surface area contributed by atoms with Crippen LogP contribution in [0, 0.1) is 0 Å². The largest absolute Gasteiger partial charge is 0.456 e. The summed E-state index contributed by atoms with van der Waals surface area (Å²) in [5, 5.41) is 9.49. The molecule has 0 saturated carbocycles. The lowest BCUT2D eigenvalue weighted by Gasteiger charge is -2.29. The lowest BCUT2D eigenvalue weighted by molar-refractivity contribution is 0.669. The molecule has 0 unspecified atom stereocenters. The van der Waals surface area contributed by atoms with E-state index in [1.54, 1.807) is 0 Å². The first-order valence-corrected chi connectivity index (χ1v) is 17.3. The number of nitrogens with zero attached hydrogens (tertiary/aromatic N) is 2. The van der Waals surface area contributed by atoms with Crippen LogP contribution in [0.15, 0.2) is 199 Å². The van der Waals surface area contributed by atoms with Gasteiger partial charge in [-0.25, -0.2) is 0 Å². The van der Waals surface area contributed by atoms with Crippen molar-refractivity contribution in [2.45, 2.75) is 0 Å². The molecule has 1 aromatic heterocycles. The highest BCUT2D eigenvalue weighted by molar-refractivity contribution is 6.17. The number of hydrogen-bond donors (Lipinski definition) is 0. The lowest BCUT2D eigenvalue weighted by Crippen LogP contribution is -2.13. The van der Waals surface area contributed by atoms with E-state index in [1.807, 2.05) is 12.1 Å². The van der Waals surface area contributed by atoms with Gasteiger partial charge in [0.2, 0.25) is 0 Å². The van der Waals surface area contributed by atoms with Gasteiger partial charge >= 0.3 is 0 Å². The van der Waals surface area contributed by atoms with Gasteiger partial charge in [0.25, 0.3) is 0 Å². The number of anilines is 6. The molecular formula is C48H32N2O. The van der Waals surface area contributed by atoms with Crippen molar-refractivity contribution in [3.8, 4) is 0 Å². The van der Waals surface area contributed by atoms with Crippen LogP contribution in [0.1, 0.15) is 0 Å². The Morgan fingerprint density at radius 3 is 1.53 bits per heavy atom. The molecule has 9 aromatic carbocycles. The highest BCUT2D eigenvalue weighted by atomic mass is 16.3. The molecule has 0 spiro atoms. The van der Waals surface area contributed by atoms with Crippen molar-refractivity contribution >= 4 is 88.4 Å². The first-order chi connectivity index (χ1) is 25.3. The SMILES string of the molecule is c1ccc(N(c2cccc(N(c3ccccc3)c3ccc4ccc5cc6oc7ccccc7c6cc5c4c3)c2)c2ccc3ccccc3c2)cc1. The minimum Gasteiger partial charge on any atom is -0.456 e. The monoisotopic (exact) mass is 652 g/mol. The number of hydrogen-bond acceptors (Lipinski definition) is 3. The molecule has 3 nitrogen and oxygen atoms in total. The summed E-state index contributed by atoms with van der Waals surface area (Å²) in [6.45, 7) is 0. The maximum absolute atomic E-state index is 6.25. The van der Waals surface area contributed by atoms with Crippen LogP contribution in [0.4, 0.5) is 34.1 Å². The Balaban J connectivity index is 1.16. The van der Waals surface area contributed by atoms with Crippen molar-refractivity contribution in [1.82, 2.24) is 0 Å². The van der Waals surface area contributed by atoms with Crippen LogP contribution in [-0.2, 0) is 0 Å². The molecule has 240 valence electrons. The molecule has 0 saturated heterocycles. The van der Waals surface area contributed by atoms with Gasteiger partial charge in [-0.1, -0.05) is 109 Å². The quantitative estimate of drug-likeness (QED) is 0.167. The summed E-state index contributed by atoms with van der Waals surface area (Å²) in [7, 11) is 0. The molecule has 0 bridgehead atoms. The van der Waals surface area contributed by atoms with E-state index in [-0.39, 0.29) is 0 Å². The summed E-state index contributed by atoms with van der Waals surface area (Å²) in [4.78, 5) is 4.70. The van der Waals surface area contributed by atoms with Crippen LogP contribution in [0.5, 0.6) is 0 Å². The van der Waals surface area contributed by atoms with Gasteiger partial charge < -0.3 is 14.2 Å². The van der Waals surface area contributed by atoms with Crippen LogP contribution < -0.4 is 9.80 Å². The van der Waals surface area contributed by atoms with Gasteiger partial charge in [-0.05, 0) is 117 Å². The van der Waals surface area contributed by atoms with Crippen molar-refractivity contribution in [2.24, 2.45) is 0 Å². The Labute approximate surface area is 295 Å². The molecule has 0 aliphatic heterocycles. The summed E-state index contributed by atoms with van der Waals surface area (Å²) < 4.78 is 6.25. The summed E-state index contributed by atoms with van der Waals surface area (Å²) in [5.74, 6) is 0. The van der Waals surface area contributed by atoms with Gasteiger partial charge in [-0.2, -0.15) is 0 Å². The number of rotatable bonds is 6. The third-order valence-corrected chi connectivity index (χ3v) is 9.94. The fraction of sp³-hybridized carbons (Fsp3) is 0. The van der Waals surface area contributed by atoms with E-state index >= 15 is 0 Å². The van der Waals surface area contributed by atoms with Crippen molar-refractivity contribution in [2.75, 3.05) is 9.80 Å². The Bertz CT molecular complexity index is 2880. The van der Waals surface area contributed by atoms with E-state index in [0.717, 1.165) is 61.4 Å². The molecule has 51 heavy (non-hydrogen) atoms. The molecule has 10 aromatic rings. The van der Waals surface area contributed by atoms with Crippen molar-refractivity contribution in [1.29, 1.82) is 0 Å². The molecule has 0 aliphatic rings. The summed E-state index contributed by atoms with van der Waals surface area (Å²) >= 11 is 0. The average molecular weight is 653 g/mol. The van der Waals surface area contributed by atoms with E-state index < -0.39 is 0 Å². The van der Waals surface area contributed by atoms with E-state index in [2.05, 4.69) is 192 Å². The average Bonchev–Trinajstić information content (AvgIpc) is 3.56. The predicted octanol–water partition coefficient (Wildman–Crippen LogP) is 14.0. The van der Waals surface area contributed by atoms with Crippen LogP contribution in [0.25, 0.3) is 54.3 Å². The molecule has 3 heteroatoms. The molecule has 0 aliphatic carbocycles. The second kappa shape index (κ2) is 11.9. The molecular weight excluding hydrogens is 621 g/mol. The second-order valence-corrected chi connectivity index (χ2v) is 13.0. The first kappa shape index (κ1) is 29.1. The maximum atomic E-state index is 6.25. The molecule has 0 atom stereocenters. The molecule has 0 amide bonds. The number of benzene rings is 9. The van der Waals surface area contributed by atoms with Gasteiger partial charge in [-0.3, -0.25) is 0 Å². The van der Waals surface area contributed by atoms with E-state index in [4.69, 9.17) is 4.42 Å². The van der Waals surface area contributed by atoms with Gasteiger partial charge in [0.15, 0.2) is 0 Å². The predicted molar refractivity (Wildman–Crippen MR) is 216 cm³/mol. The van der Waals surface area contributed by atoms with Crippen molar-refractivity contribution in [3.63, 3.8) is 0 Å². The minimum atomic E-state index is 0.913. The molecule has 0 radical (unpaired) electrons. The first-order valence-electron chi connectivity index (χ1n) is 17.3. The maximum Gasteiger partial charge on any atom is 0.136 e. The van der Waals surface area contributed by atoms with Gasteiger partial charge in [0, 0.05) is 44.9 Å². The van der Waals surface area contributed by atoms with Gasteiger partial charge in [0.05, 0.1) is 0 Å². The third kappa shape index (κ3) is 5.06. The van der Waals surface area contributed by atoms with Crippen LogP contribution >= 0.6 is 0 Å². The van der Waals surface area contributed by atoms with Crippen LogP contribution in [-0.4, -0.2) is 0 Å². The number of fused-ring (bicyclic) bond motifs is 7. The zero-order valence-electron chi connectivity index (χ0n) is 27.8. The Hall–Kier alpha value is -6.84. The topological polar surface area (TPSA) is 19.6 Å². The Morgan fingerprint density at radius 1 is 0.255 bits per heavy atom. The van der Waals surface area contributed by atoms with Gasteiger partial charge in [-0.15, -0.1) is 0 Å². The normalized spacial score (nSPS) is 11.5.